The molecule has 0 aliphatic heterocycles. The van der Waals surface area contributed by atoms with Crippen LogP contribution in [-0.4, -0.2) is 36.5 Å². The smallest absolute Gasteiger partial charge is 0.339 e. The van der Waals surface area contributed by atoms with Gasteiger partial charge in [0.15, 0.2) is 5.69 Å². The van der Waals surface area contributed by atoms with Gasteiger partial charge in [-0.3, -0.25) is 14.2 Å². The predicted octanol–water partition coefficient (Wildman–Crippen LogP) is 0.265. The highest BCUT2D eigenvalue weighted by atomic mass is 16.4. The Labute approximate surface area is 115 Å². The molecule has 1 amide bonds. The van der Waals surface area contributed by atoms with Crippen molar-refractivity contribution in [3.8, 4) is 0 Å². The van der Waals surface area contributed by atoms with Gasteiger partial charge in [0.05, 0.1) is 12.2 Å². The van der Waals surface area contributed by atoms with E-state index in [9.17, 15) is 9.59 Å². The Morgan fingerprint density at radius 3 is 2.75 bits per heavy atom. The van der Waals surface area contributed by atoms with Crippen molar-refractivity contribution >= 4 is 11.9 Å². The Bertz CT molecular complexity index is 643. The van der Waals surface area contributed by atoms with Crippen LogP contribution in [-0.2, 0) is 20.1 Å². The largest absolute Gasteiger partial charge is 0.478 e. The highest BCUT2D eigenvalue weighted by molar-refractivity contribution is 6.03. The quantitative estimate of drug-likeness (QED) is 0.816. The SMILES string of the molecule is CCn1ccc(CNC(=O)c2nn(C)cc2C(=O)O)n1. The molecule has 2 N–H and O–H groups in total. The van der Waals surface area contributed by atoms with Gasteiger partial charge < -0.3 is 10.4 Å². The number of hydrogen-bond donors (Lipinski definition) is 2. The fraction of sp³-hybridized carbons (Fsp3) is 0.333. The summed E-state index contributed by atoms with van der Waals surface area (Å²) in [6, 6.07) is 1.79. The van der Waals surface area contributed by atoms with Gasteiger partial charge in [-0.15, -0.1) is 0 Å². The summed E-state index contributed by atoms with van der Waals surface area (Å²) in [6.07, 6.45) is 3.11. The Morgan fingerprint density at radius 1 is 1.40 bits per heavy atom. The lowest BCUT2D eigenvalue weighted by Gasteiger charge is -2.01. The molecule has 8 nitrogen and oxygen atoms in total. The van der Waals surface area contributed by atoms with Crippen molar-refractivity contribution in [3.63, 3.8) is 0 Å². The molecule has 0 bridgehead atoms. The van der Waals surface area contributed by atoms with Gasteiger partial charge in [0.1, 0.15) is 5.56 Å². The number of aromatic nitrogens is 4. The molecule has 20 heavy (non-hydrogen) atoms. The van der Waals surface area contributed by atoms with Crippen molar-refractivity contribution in [3.05, 3.63) is 35.4 Å². The summed E-state index contributed by atoms with van der Waals surface area (Å²) in [6.45, 7) is 2.93. The van der Waals surface area contributed by atoms with Crippen LogP contribution >= 0.6 is 0 Å². The number of carboxylic acids is 1. The first-order chi connectivity index (χ1) is 9.51. The minimum absolute atomic E-state index is 0.102. The van der Waals surface area contributed by atoms with Gasteiger partial charge in [0.25, 0.3) is 5.91 Å². The zero-order valence-electron chi connectivity index (χ0n) is 11.2. The van der Waals surface area contributed by atoms with Crippen molar-refractivity contribution in [1.29, 1.82) is 0 Å². The zero-order valence-corrected chi connectivity index (χ0v) is 11.2. The van der Waals surface area contributed by atoms with E-state index in [-0.39, 0.29) is 17.8 Å². The summed E-state index contributed by atoms with van der Waals surface area (Å²) >= 11 is 0. The lowest BCUT2D eigenvalue weighted by molar-refractivity contribution is 0.0691. The molecule has 0 radical (unpaired) electrons. The number of rotatable bonds is 5. The zero-order chi connectivity index (χ0) is 14.7. The standard InChI is InChI=1S/C12H15N5O3/c1-3-17-5-4-8(14-17)6-13-11(18)10-9(12(19)20)7-16(2)15-10/h4-5,7H,3,6H2,1-2H3,(H,13,18)(H,19,20). The van der Waals surface area contributed by atoms with Crippen molar-refractivity contribution in [2.75, 3.05) is 0 Å². The molecule has 8 heteroatoms. The first kappa shape index (κ1) is 13.8. The maximum absolute atomic E-state index is 11.9. The van der Waals surface area contributed by atoms with Crippen LogP contribution in [0, 0.1) is 0 Å². The first-order valence-corrected chi connectivity index (χ1v) is 6.08. The number of carbonyl (C=O) groups is 2. The molecule has 0 spiro atoms. The van der Waals surface area contributed by atoms with Crippen molar-refractivity contribution in [2.24, 2.45) is 7.05 Å². The van der Waals surface area contributed by atoms with Crippen molar-refractivity contribution in [2.45, 2.75) is 20.0 Å². The molecule has 0 saturated heterocycles. The number of aryl methyl sites for hydroxylation is 2. The third kappa shape index (κ3) is 2.85. The number of nitrogens with zero attached hydrogens (tertiary/aromatic N) is 4. The maximum Gasteiger partial charge on any atom is 0.339 e. The molecule has 0 unspecified atom stereocenters. The number of carbonyl (C=O) groups excluding carboxylic acids is 1. The third-order valence-electron chi connectivity index (χ3n) is 2.72. The summed E-state index contributed by atoms with van der Waals surface area (Å²) in [5, 5.41) is 19.7. The van der Waals surface area contributed by atoms with Gasteiger partial charge in [-0.05, 0) is 13.0 Å². The molecule has 106 valence electrons. The summed E-state index contributed by atoms with van der Waals surface area (Å²) in [5.41, 5.74) is 0.479. The molecule has 0 atom stereocenters. The lowest BCUT2D eigenvalue weighted by atomic mass is 10.2. The molecule has 0 aliphatic rings. The van der Waals surface area contributed by atoms with Crippen LogP contribution in [0.3, 0.4) is 0 Å². The molecule has 0 aliphatic carbocycles. The minimum atomic E-state index is -1.18. The Hall–Kier alpha value is -2.64. The molecule has 2 aromatic heterocycles. The monoisotopic (exact) mass is 277 g/mol. The van der Waals surface area contributed by atoms with E-state index in [0.29, 0.717) is 5.69 Å². The summed E-state index contributed by atoms with van der Waals surface area (Å²) in [5.74, 6) is -1.72. The van der Waals surface area contributed by atoms with Crippen LogP contribution in [0.4, 0.5) is 0 Å². The predicted molar refractivity (Wildman–Crippen MR) is 69.2 cm³/mol. The van der Waals surface area contributed by atoms with Crippen LogP contribution in [0.15, 0.2) is 18.5 Å². The van der Waals surface area contributed by atoms with E-state index in [2.05, 4.69) is 15.5 Å². The molecular weight excluding hydrogens is 262 g/mol. The van der Waals surface area contributed by atoms with Crippen molar-refractivity contribution in [1.82, 2.24) is 24.9 Å². The van der Waals surface area contributed by atoms with E-state index in [0.717, 1.165) is 6.54 Å². The average Bonchev–Trinajstić information content (AvgIpc) is 3.02. The first-order valence-electron chi connectivity index (χ1n) is 6.08. The topological polar surface area (TPSA) is 102 Å². The van der Waals surface area contributed by atoms with E-state index in [1.54, 1.807) is 17.8 Å². The Balaban J connectivity index is 2.06. The summed E-state index contributed by atoms with van der Waals surface area (Å²) in [7, 11) is 1.56. The van der Waals surface area contributed by atoms with E-state index >= 15 is 0 Å². The second kappa shape index (κ2) is 5.55. The van der Waals surface area contributed by atoms with Crippen LogP contribution in [0.1, 0.15) is 33.5 Å². The van der Waals surface area contributed by atoms with Crippen LogP contribution < -0.4 is 5.32 Å². The van der Waals surface area contributed by atoms with E-state index in [4.69, 9.17) is 5.11 Å². The third-order valence-corrected chi connectivity index (χ3v) is 2.72. The van der Waals surface area contributed by atoms with Gasteiger partial charge in [0.2, 0.25) is 0 Å². The Morgan fingerprint density at radius 2 is 2.15 bits per heavy atom. The fourth-order valence-corrected chi connectivity index (χ4v) is 1.74. The maximum atomic E-state index is 11.9. The summed E-state index contributed by atoms with van der Waals surface area (Å²) < 4.78 is 3.04. The second-order valence-electron chi connectivity index (χ2n) is 4.22. The fourth-order valence-electron chi connectivity index (χ4n) is 1.74. The highest BCUT2D eigenvalue weighted by Gasteiger charge is 2.20. The average molecular weight is 277 g/mol. The van der Waals surface area contributed by atoms with E-state index < -0.39 is 11.9 Å². The van der Waals surface area contributed by atoms with Gasteiger partial charge >= 0.3 is 5.97 Å². The minimum Gasteiger partial charge on any atom is -0.478 e. The van der Waals surface area contributed by atoms with Crippen LogP contribution in [0.2, 0.25) is 0 Å². The summed E-state index contributed by atoms with van der Waals surface area (Å²) in [4.78, 5) is 23.0. The van der Waals surface area contributed by atoms with Gasteiger partial charge in [-0.2, -0.15) is 10.2 Å². The van der Waals surface area contributed by atoms with Gasteiger partial charge in [-0.1, -0.05) is 0 Å². The molecule has 0 fully saturated rings. The Kier molecular flexibility index (Phi) is 3.83. The number of nitrogens with one attached hydrogen (secondary N) is 1. The molecular formula is C12H15N5O3. The lowest BCUT2D eigenvalue weighted by Crippen LogP contribution is -2.25. The van der Waals surface area contributed by atoms with E-state index in [1.807, 2.05) is 13.1 Å². The number of hydrogen-bond acceptors (Lipinski definition) is 4. The molecule has 2 aromatic rings. The van der Waals surface area contributed by atoms with Gasteiger partial charge in [0, 0.05) is 26.0 Å². The second-order valence-corrected chi connectivity index (χ2v) is 4.22. The van der Waals surface area contributed by atoms with Crippen molar-refractivity contribution < 1.29 is 14.7 Å². The number of aromatic carboxylic acids is 1. The molecule has 2 rings (SSSR count). The van der Waals surface area contributed by atoms with Gasteiger partial charge in [-0.25, -0.2) is 4.79 Å². The van der Waals surface area contributed by atoms with E-state index in [1.165, 1.54) is 10.9 Å². The molecule has 2 heterocycles. The van der Waals surface area contributed by atoms with Crippen LogP contribution in [0.25, 0.3) is 0 Å². The highest BCUT2D eigenvalue weighted by Crippen LogP contribution is 2.06. The normalized spacial score (nSPS) is 10.5. The van der Waals surface area contributed by atoms with Crippen LogP contribution in [0.5, 0.6) is 0 Å². The molecule has 0 aromatic carbocycles. The number of amides is 1. The molecule has 0 saturated carbocycles. The number of carboxylic acid groups (broad SMARTS) is 1.